The smallest absolute Gasteiger partial charge is 0.0759 e. The average molecular weight is 350 g/mol. The fourth-order valence-electron chi connectivity index (χ4n) is 3.67. The Hall–Kier alpha value is -2.09. The molecule has 116 valence electrons. The number of aromatic nitrogens is 1. The highest BCUT2D eigenvalue weighted by atomic mass is 35.5. The average Bonchev–Trinajstić information content (AvgIpc) is 2.54. The molecule has 5 rings (SSSR count). The number of rotatable bonds is 1. The highest BCUT2D eigenvalue weighted by Gasteiger charge is 2.24. The van der Waals surface area contributed by atoms with Gasteiger partial charge in [-0.1, -0.05) is 53.5 Å². The van der Waals surface area contributed by atoms with Crippen molar-refractivity contribution in [2.75, 3.05) is 0 Å². The molecule has 0 fully saturated rings. The maximum Gasteiger partial charge on any atom is 0.0759 e. The van der Waals surface area contributed by atoms with Gasteiger partial charge in [0, 0.05) is 16.0 Å². The summed E-state index contributed by atoms with van der Waals surface area (Å²) >= 11 is 12.5. The van der Waals surface area contributed by atoms with Gasteiger partial charge in [0.15, 0.2) is 0 Å². The number of fused-ring (bicyclic) bond motifs is 5. The molecule has 0 bridgehead atoms. The number of hydrogen-bond acceptors (Lipinski definition) is 1. The van der Waals surface area contributed by atoms with E-state index in [1.54, 1.807) is 6.07 Å². The third-order valence-corrected chi connectivity index (χ3v) is 5.45. The molecule has 0 amide bonds. The zero-order valence-electron chi connectivity index (χ0n) is 12.8. The molecule has 0 saturated heterocycles. The first-order chi connectivity index (χ1) is 11.7. The molecule has 1 aliphatic rings. The number of benzene rings is 3. The first kappa shape index (κ1) is 14.3. The van der Waals surface area contributed by atoms with Crippen molar-refractivity contribution in [1.29, 1.82) is 0 Å². The molecule has 0 radical (unpaired) electrons. The van der Waals surface area contributed by atoms with E-state index in [9.17, 15) is 0 Å². The van der Waals surface area contributed by atoms with E-state index in [4.69, 9.17) is 28.2 Å². The van der Waals surface area contributed by atoms with Crippen molar-refractivity contribution in [3.8, 4) is 11.3 Å². The van der Waals surface area contributed by atoms with Gasteiger partial charge in [0.1, 0.15) is 0 Å². The Morgan fingerprint density at radius 3 is 2.46 bits per heavy atom. The van der Waals surface area contributed by atoms with Gasteiger partial charge in [-0.2, -0.15) is 0 Å². The summed E-state index contributed by atoms with van der Waals surface area (Å²) in [5.74, 6) is 0. The summed E-state index contributed by atoms with van der Waals surface area (Å²) in [5, 5.41) is 5.15. The van der Waals surface area contributed by atoms with Crippen molar-refractivity contribution < 1.29 is 0 Å². The van der Waals surface area contributed by atoms with Crippen LogP contribution in [0, 0.1) is 0 Å². The van der Waals surface area contributed by atoms with E-state index in [0.29, 0.717) is 10.0 Å². The minimum absolute atomic E-state index is 0.648. The molecule has 0 atom stereocenters. The quantitative estimate of drug-likeness (QED) is 0.359. The topological polar surface area (TPSA) is 12.9 Å². The number of pyridine rings is 1. The number of hydrogen-bond donors (Lipinski definition) is 0. The van der Waals surface area contributed by atoms with Gasteiger partial charge in [0.25, 0.3) is 0 Å². The van der Waals surface area contributed by atoms with Crippen molar-refractivity contribution in [2.24, 2.45) is 0 Å². The Bertz CT molecular complexity index is 1130. The Morgan fingerprint density at radius 1 is 0.833 bits per heavy atom. The van der Waals surface area contributed by atoms with Gasteiger partial charge in [-0.25, -0.2) is 4.98 Å². The van der Waals surface area contributed by atoms with Crippen LogP contribution in [0.5, 0.6) is 0 Å². The lowest BCUT2D eigenvalue weighted by Gasteiger charge is -2.25. The largest absolute Gasteiger partial charge is 0.247 e. The van der Waals surface area contributed by atoms with Crippen LogP contribution in [0.4, 0.5) is 0 Å². The number of nitrogens with zero attached hydrogens (tertiary/aromatic N) is 1. The molecule has 0 saturated carbocycles. The summed E-state index contributed by atoms with van der Waals surface area (Å²) in [6.07, 6.45) is 2.15. The zero-order chi connectivity index (χ0) is 16.3. The minimum atomic E-state index is 0.648. The van der Waals surface area contributed by atoms with Crippen LogP contribution in [0.3, 0.4) is 0 Å². The lowest BCUT2D eigenvalue weighted by Crippen LogP contribution is -2.13. The summed E-state index contributed by atoms with van der Waals surface area (Å²) in [7, 11) is 0. The van der Waals surface area contributed by atoms with E-state index in [-0.39, 0.29) is 0 Å². The number of aryl methyl sites for hydroxylation is 1. The van der Waals surface area contributed by atoms with Crippen LogP contribution in [-0.2, 0) is 12.8 Å². The fourth-order valence-corrected chi connectivity index (χ4v) is 4.17. The maximum absolute atomic E-state index is 6.43. The van der Waals surface area contributed by atoms with Gasteiger partial charge in [0.2, 0.25) is 0 Å². The van der Waals surface area contributed by atoms with Gasteiger partial charge in [0.05, 0.1) is 16.2 Å². The van der Waals surface area contributed by atoms with Crippen LogP contribution in [0.1, 0.15) is 11.1 Å². The summed E-state index contributed by atoms with van der Waals surface area (Å²) in [6.45, 7) is 0. The molecular weight excluding hydrogens is 337 g/mol. The Balaban J connectivity index is 1.87. The second-order valence-electron chi connectivity index (χ2n) is 6.22. The second-order valence-corrected chi connectivity index (χ2v) is 7.07. The Labute approximate surface area is 149 Å². The summed E-state index contributed by atoms with van der Waals surface area (Å²) in [4.78, 5) is 4.97. The molecule has 1 aliphatic carbocycles. The molecule has 1 aromatic heterocycles. The normalized spacial score (nSPS) is 13.1. The Morgan fingerprint density at radius 2 is 1.67 bits per heavy atom. The predicted molar refractivity (Wildman–Crippen MR) is 102 cm³/mol. The van der Waals surface area contributed by atoms with Crippen LogP contribution in [-0.4, -0.2) is 4.98 Å². The number of halogens is 2. The predicted octanol–water partition coefficient (Wildman–Crippen LogP) is 6.46. The molecule has 1 nitrogen and oxygen atoms in total. The molecule has 0 unspecified atom stereocenters. The summed E-state index contributed by atoms with van der Waals surface area (Å²) in [5.41, 5.74) is 5.74. The second kappa shape index (κ2) is 5.20. The third kappa shape index (κ3) is 1.98. The molecule has 1 heterocycles. The van der Waals surface area contributed by atoms with Crippen LogP contribution < -0.4 is 0 Å². The zero-order valence-corrected chi connectivity index (χ0v) is 14.3. The lowest BCUT2D eigenvalue weighted by molar-refractivity contribution is 0.847. The van der Waals surface area contributed by atoms with E-state index in [2.05, 4.69) is 36.4 Å². The van der Waals surface area contributed by atoms with Crippen LogP contribution in [0.2, 0.25) is 10.0 Å². The Kier molecular flexibility index (Phi) is 3.09. The first-order valence-corrected chi connectivity index (χ1v) is 8.76. The third-order valence-electron chi connectivity index (χ3n) is 4.90. The van der Waals surface area contributed by atoms with Crippen molar-refractivity contribution in [2.45, 2.75) is 12.8 Å². The monoisotopic (exact) mass is 349 g/mol. The van der Waals surface area contributed by atoms with Gasteiger partial charge in [-0.3, -0.25) is 0 Å². The van der Waals surface area contributed by atoms with E-state index in [0.717, 1.165) is 29.6 Å². The van der Waals surface area contributed by atoms with E-state index in [1.165, 1.54) is 27.3 Å². The SMILES string of the molecule is Clc1ccc(-c2nc3ccc4ccccc4c3c3c2CC3)c(Cl)c1. The van der Waals surface area contributed by atoms with Gasteiger partial charge >= 0.3 is 0 Å². The van der Waals surface area contributed by atoms with Gasteiger partial charge in [-0.15, -0.1) is 0 Å². The van der Waals surface area contributed by atoms with Crippen molar-refractivity contribution >= 4 is 44.9 Å². The van der Waals surface area contributed by atoms with Gasteiger partial charge < -0.3 is 0 Å². The molecule has 3 aromatic carbocycles. The van der Waals surface area contributed by atoms with E-state index >= 15 is 0 Å². The highest BCUT2D eigenvalue weighted by Crippen LogP contribution is 2.42. The van der Waals surface area contributed by atoms with Crippen molar-refractivity contribution in [1.82, 2.24) is 4.98 Å². The van der Waals surface area contributed by atoms with Gasteiger partial charge in [-0.05, 0) is 59.0 Å². The standard InChI is InChI=1S/C21H13Cl2N/c22-13-6-7-17(18(23)11-13)21-16-9-8-15(16)20-14-4-2-1-3-12(14)5-10-19(20)24-21/h1-7,10-11H,8-9H2. The van der Waals surface area contributed by atoms with E-state index in [1.807, 2.05) is 12.1 Å². The molecule has 3 heteroatoms. The van der Waals surface area contributed by atoms with E-state index < -0.39 is 0 Å². The molecule has 0 spiro atoms. The van der Waals surface area contributed by atoms with Crippen molar-refractivity contribution in [3.63, 3.8) is 0 Å². The molecule has 0 N–H and O–H groups in total. The first-order valence-electron chi connectivity index (χ1n) is 8.01. The van der Waals surface area contributed by atoms with Crippen LogP contribution in [0.15, 0.2) is 54.6 Å². The van der Waals surface area contributed by atoms with Crippen LogP contribution in [0.25, 0.3) is 32.9 Å². The fraction of sp³-hybridized carbons (Fsp3) is 0.0952. The summed E-state index contributed by atoms with van der Waals surface area (Å²) < 4.78 is 0. The summed E-state index contributed by atoms with van der Waals surface area (Å²) in [6, 6.07) is 18.4. The minimum Gasteiger partial charge on any atom is -0.247 e. The lowest BCUT2D eigenvalue weighted by atomic mass is 9.81. The van der Waals surface area contributed by atoms with Crippen LogP contribution >= 0.6 is 23.2 Å². The maximum atomic E-state index is 6.43. The highest BCUT2D eigenvalue weighted by molar-refractivity contribution is 6.36. The molecule has 4 aromatic rings. The van der Waals surface area contributed by atoms with Crippen molar-refractivity contribution in [3.05, 3.63) is 75.8 Å². The molecular formula is C21H13Cl2N. The molecule has 24 heavy (non-hydrogen) atoms. The molecule has 0 aliphatic heterocycles.